The fourth-order valence-electron chi connectivity index (χ4n) is 2.07. The van der Waals surface area contributed by atoms with E-state index in [0.29, 0.717) is 5.56 Å². The Kier molecular flexibility index (Phi) is 1.80. The van der Waals surface area contributed by atoms with Crippen molar-refractivity contribution < 1.29 is 4.79 Å². The first kappa shape index (κ1) is 9.09. The second kappa shape index (κ2) is 3.17. The van der Waals surface area contributed by atoms with Gasteiger partial charge in [0.05, 0.1) is 11.2 Å². The lowest BCUT2D eigenvalue weighted by Gasteiger charge is -2.03. The largest absolute Gasteiger partial charge is 0.299 e. The number of aryl methyl sites for hydroxylation is 1. The van der Waals surface area contributed by atoms with Gasteiger partial charge < -0.3 is 0 Å². The average Bonchev–Trinajstić information content (AvgIpc) is 2.68. The normalized spacial score (nSPS) is 11.1. The van der Waals surface area contributed by atoms with Crippen molar-refractivity contribution in [3.05, 3.63) is 47.8 Å². The van der Waals surface area contributed by atoms with Gasteiger partial charge in [-0.1, -0.05) is 12.1 Å². The van der Waals surface area contributed by atoms with Gasteiger partial charge in [-0.25, -0.2) is 4.98 Å². The van der Waals surface area contributed by atoms with E-state index in [1.165, 1.54) is 0 Å². The molecule has 3 heteroatoms. The van der Waals surface area contributed by atoms with Gasteiger partial charge in [-0.15, -0.1) is 0 Å². The van der Waals surface area contributed by atoms with Crippen LogP contribution in [0.1, 0.15) is 16.1 Å². The van der Waals surface area contributed by atoms with Crippen LogP contribution in [-0.2, 0) is 0 Å². The standard InChI is InChI=1S/C13H10N2O/c1-9-7-15-12(14-9)6-5-10-3-2-4-11(8-16)13(10)15/h2-8H,1H3. The van der Waals surface area contributed by atoms with Gasteiger partial charge >= 0.3 is 0 Å². The van der Waals surface area contributed by atoms with Gasteiger partial charge in [0.1, 0.15) is 5.65 Å². The number of carbonyl (C=O) groups is 1. The van der Waals surface area contributed by atoms with E-state index < -0.39 is 0 Å². The minimum absolute atomic E-state index is 0.695. The molecule has 0 aliphatic heterocycles. The summed E-state index contributed by atoms with van der Waals surface area (Å²) in [6, 6.07) is 9.66. The monoisotopic (exact) mass is 210 g/mol. The first-order chi connectivity index (χ1) is 7.79. The van der Waals surface area contributed by atoms with Gasteiger partial charge in [0.15, 0.2) is 6.29 Å². The minimum Gasteiger partial charge on any atom is -0.299 e. The van der Waals surface area contributed by atoms with Crippen LogP contribution in [0.4, 0.5) is 0 Å². The molecule has 3 rings (SSSR count). The summed E-state index contributed by atoms with van der Waals surface area (Å²) in [7, 11) is 0. The number of aromatic nitrogens is 2. The van der Waals surface area contributed by atoms with E-state index in [9.17, 15) is 4.79 Å². The van der Waals surface area contributed by atoms with Crippen LogP contribution in [0.3, 0.4) is 0 Å². The molecule has 0 saturated carbocycles. The quantitative estimate of drug-likeness (QED) is 0.578. The van der Waals surface area contributed by atoms with Crippen molar-refractivity contribution in [2.24, 2.45) is 0 Å². The Morgan fingerprint density at radius 2 is 2.12 bits per heavy atom. The van der Waals surface area contributed by atoms with E-state index in [0.717, 1.165) is 28.5 Å². The Bertz CT molecular complexity index is 698. The second-order valence-electron chi connectivity index (χ2n) is 3.85. The van der Waals surface area contributed by atoms with Crippen LogP contribution in [0.5, 0.6) is 0 Å². The molecule has 0 atom stereocenters. The number of fused-ring (bicyclic) bond motifs is 3. The van der Waals surface area contributed by atoms with Crippen molar-refractivity contribution in [3.8, 4) is 0 Å². The maximum Gasteiger partial charge on any atom is 0.152 e. The molecule has 0 fully saturated rings. The molecule has 78 valence electrons. The molecular formula is C13H10N2O. The molecule has 0 amide bonds. The van der Waals surface area contributed by atoms with E-state index in [1.807, 2.05) is 47.9 Å². The van der Waals surface area contributed by atoms with Crippen molar-refractivity contribution >= 4 is 22.8 Å². The Balaban J connectivity index is 2.61. The molecule has 0 bridgehead atoms. The molecule has 3 nitrogen and oxygen atoms in total. The van der Waals surface area contributed by atoms with Crippen molar-refractivity contribution in [1.29, 1.82) is 0 Å². The minimum atomic E-state index is 0.695. The topological polar surface area (TPSA) is 34.4 Å². The number of hydrogen-bond donors (Lipinski definition) is 0. The SMILES string of the molecule is Cc1cn2c(ccc3cccc(C=O)c32)n1. The highest BCUT2D eigenvalue weighted by molar-refractivity contribution is 5.97. The Morgan fingerprint density at radius 1 is 1.25 bits per heavy atom. The number of pyridine rings is 1. The Morgan fingerprint density at radius 3 is 2.94 bits per heavy atom. The lowest BCUT2D eigenvalue weighted by Crippen LogP contribution is -1.92. The smallest absolute Gasteiger partial charge is 0.152 e. The lowest BCUT2D eigenvalue weighted by atomic mass is 10.1. The number of carbonyl (C=O) groups excluding carboxylic acids is 1. The van der Waals surface area contributed by atoms with Gasteiger partial charge in [-0.3, -0.25) is 9.20 Å². The van der Waals surface area contributed by atoms with Crippen LogP contribution in [0, 0.1) is 6.92 Å². The van der Waals surface area contributed by atoms with Gasteiger partial charge in [-0.05, 0) is 30.5 Å². The van der Waals surface area contributed by atoms with Crippen LogP contribution >= 0.6 is 0 Å². The molecule has 1 aromatic carbocycles. The summed E-state index contributed by atoms with van der Waals surface area (Å²) in [5.74, 6) is 0. The van der Waals surface area contributed by atoms with Crippen LogP contribution in [-0.4, -0.2) is 15.7 Å². The van der Waals surface area contributed by atoms with Crippen LogP contribution in [0.15, 0.2) is 36.5 Å². The number of rotatable bonds is 1. The van der Waals surface area contributed by atoms with Crippen molar-refractivity contribution in [2.75, 3.05) is 0 Å². The zero-order valence-corrected chi connectivity index (χ0v) is 8.84. The van der Waals surface area contributed by atoms with E-state index in [4.69, 9.17) is 0 Å². The maximum atomic E-state index is 11.0. The molecule has 2 aromatic heterocycles. The van der Waals surface area contributed by atoms with Gasteiger partial charge in [-0.2, -0.15) is 0 Å². The van der Waals surface area contributed by atoms with E-state index >= 15 is 0 Å². The van der Waals surface area contributed by atoms with Gasteiger partial charge in [0.2, 0.25) is 0 Å². The number of nitrogens with zero attached hydrogens (tertiary/aromatic N) is 2. The van der Waals surface area contributed by atoms with E-state index in [1.54, 1.807) is 0 Å². The van der Waals surface area contributed by atoms with Crippen LogP contribution < -0.4 is 0 Å². The number of aldehydes is 1. The third-order valence-corrected chi connectivity index (χ3v) is 2.73. The first-order valence-electron chi connectivity index (χ1n) is 5.12. The molecule has 0 N–H and O–H groups in total. The summed E-state index contributed by atoms with van der Waals surface area (Å²) in [6.45, 7) is 1.95. The fraction of sp³-hybridized carbons (Fsp3) is 0.0769. The summed E-state index contributed by atoms with van der Waals surface area (Å²) in [6.07, 6.45) is 2.84. The van der Waals surface area contributed by atoms with Gasteiger partial charge in [0.25, 0.3) is 0 Å². The summed E-state index contributed by atoms with van der Waals surface area (Å²) < 4.78 is 1.97. The van der Waals surface area contributed by atoms with Crippen LogP contribution in [0.2, 0.25) is 0 Å². The Hall–Kier alpha value is -2.16. The number of hydrogen-bond acceptors (Lipinski definition) is 2. The Labute approximate surface area is 92.3 Å². The summed E-state index contributed by atoms with van der Waals surface area (Å²) in [5.41, 5.74) is 3.45. The molecule has 0 radical (unpaired) electrons. The zero-order chi connectivity index (χ0) is 11.1. The van der Waals surface area contributed by atoms with E-state index in [2.05, 4.69) is 4.98 Å². The highest BCUT2D eigenvalue weighted by Crippen LogP contribution is 2.20. The van der Waals surface area contributed by atoms with Crippen LogP contribution in [0.25, 0.3) is 16.6 Å². The van der Waals surface area contributed by atoms with Crippen molar-refractivity contribution in [3.63, 3.8) is 0 Å². The predicted octanol–water partition coefficient (Wildman–Crippen LogP) is 2.61. The molecule has 0 aliphatic rings. The van der Waals surface area contributed by atoms with E-state index in [-0.39, 0.29) is 0 Å². The third-order valence-electron chi connectivity index (χ3n) is 2.73. The molecular weight excluding hydrogens is 200 g/mol. The average molecular weight is 210 g/mol. The fourth-order valence-corrected chi connectivity index (χ4v) is 2.07. The summed E-state index contributed by atoms with van der Waals surface area (Å²) in [4.78, 5) is 15.4. The summed E-state index contributed by atoms with van der Waals surface area (Å²) in [5, 5.41) is 1.05. The molecule has 0 spiro atoms. The molecule has 0 aliphatic carbocycles. The molecule has 3 aromatic rings. The molecule has 0 unspecified atom stereocenters. The number of benzene rings is 1. The second-order valence-corrected chi connectivity index (χ2v) is 3.85. The zero-order valence-electron chi connectivity index (χ0n) is 8.84. The van der Waals surface area contributed by atoms with Gasteiger partial charge in [0, 0.05) is 11.8 Å². The predicted molar refractivity (Wildman–Crippen MR) is 62.8 cm³/mol. The summed E-state index contributed by atoms with van der Waals surface area (Å²) >= 11 is 0. The molecule has 2 heterocycles. The molecule has 16 heavy (non-hydrogen) atoms. The molecule has 0 saturated heterocycles. The van der Waals surface area contributed by atoms with Crippen molar-refractivity contribution in [2.45, 2.75) is 6.92 Å². The number of para-hydroxylation sites is 1. The first-order valence-corrected chi connectivity index (χ1v) is 5.12. The highest BCUT2D eigenvalue weighted by Gasteiger charge is 2.06. The lowest BCUT2D eigenvalue weighted by molar-refractivity contribution is 0.112. The number of imidazole rings is 1. The highest BCUT2D eigenvalue weighted by atomic mass is 16.1. The maximum absolute atomic E-state index is 11.0. The third kappa shape index (κ3) is 1.15. The van der Waals surface area contributed by atoms with Crippen molar-refractivity contribution in [1.82, 2.24) is 9.38 Å².